The Hall–Kier alpha value is -0.820. The largest absolute Gasteiger partial charge is 0.307 e. The van der Waals surface area contributed by atoms with Crippen LogP contribution in [-0.4, -0.2) is 6.04 Å². The molecule has 1 aromatic carbocycles. The smallest absolute Gasteiger partial charge is 0.0297 e. The van der Waals surface area contributed by atoms with E-state index in [-0.39, 0.29) is 0 Å². The van der Waals surface area contributed by atoms with E-state index in [2.05, 4.69) is 64.2 Å². The van der Waals surface area contributed by atoms with Crippen molar-refractivity contribution in [3.05, 3.63) is 35.4 Å². The Morgan fingerprint density at radius 3 is 2.44 bits per heavy atom. The summed E-state index contributed by atoms with van der Waals surface area (Å²) in [5, 5.41) is 3.84. The van der Waals surface area contributed by atoms with Crippen LogP contribution in [0.1, 0.15) is 57.7 Å². The van der Waals surface area contributed by atoms with Crippen molar-refractivity contribution in [3.8, 4) is 0 Å². The molecule has 2 unspecified atom stereocenters. The average Bonchev–Trinajstić information content (AvgIpc) is 2.52. The summed E-state index contributed by atoms with van der Waals surface area (Å²) in [6.45, 7) is 11.7. The van der Waals surface area contributed by atoms with Crippen LogP contribution in [0.4, 0.5) is 0 Å². The third kappa shape index (κ3) is 2.95. The van der Waals surface area contributed by atoms with Gasteiger partial charge in [-0.25, -0.2) is 0 Å². The van der Waals surface area contributed by atoms with E-state index in [1.165, 1.54) is 24.0 Å². The number of hydrogen-bond acceptors (Lipinski definition) is 1. The second-order valence-corrected chi connectivity index (χ2v) is 6.90. The number of nitrogens with one attached hydrogen (secondary N) is 1. The zero-order valence-corrected chi connectivity index (χ0v) is 12.5. The molecule has 0 spiro atoms. The highest BCUT2D eigenvalue weighted by atomic mass is 15.0. The van der Waals surface area contributed by atoms with Gasteiger partial charge in [0.25, 0.3) is 0 Å². The van der Waals surface area contributed by atoms with Crippen molar-refractivity contribution in [3.63, 3.8) is 0 Å². The molecular formula is C17H27N. The van der Waals surface area contributed by atoms with Crippen LogP contribution in [0.3, 0.4) is 0 Å². The minimum Gasteiger partial charge on any atom is -0.307 e. The standard InChI is InChI=1S/C17H27N/c1-12-8-6-7-9-15(12)14(3)18-16-11-17(4,5)10-13(16)2/h6-9,13-14,16,18H,10-11H2,1-5H3/t13?,14-,16?/m0/s1. The number of aryl methyl sites for hydroxylation is 1. The Bertz CT molecular complexity index is 408. The number of benzene rings is 1. The molecule has 1 saturated carbocycles. The molecule has 1 nitrogen and oxygen atoms in total. The third-order valence-electron chi connectivity index (χ3n) is 4.45. The first-order valence-electron chi connectivity index (χ1n) is 7.21. The lowest BCUT2D eigenvalue weighted by atomic mass is 9.91. The number of hydrogen-bond donors (Lipinski definition) is 1. The van der Waals surface area contributed by atoms with E-state index in [0.29, 0.717) is 17.5 Å². The maximum atomic E-state index is 3.84. The first-order valence-corrected chi connectivity index (χ1v) is 7.21. The Morgan fingerprint density at radius 1 is 1.22 bits per heavy atom. The fourth-order valence-electron chi connectivity index (χ4n) is 3.60. The van der Waals surface area contributed by atoms with E-state index in [1.54, 1.807) is 0 Å². The van der Waals surface area contributed by atoms with Crippen LogP contribution in [-0.2, 0) is 0 Å². The van der Waals surface area contributed by atoms with Gasteiger partial charge in [-0.3, -0.25) is 0 Å². The summed E-state index contributed by atoms with van der Waals surface area (Å²) in [5.74, 6) is 0.784. The molecule has 1 aliphatic carbocycles. The second kappa shape index (κ2) is 5.05. The summed E-state index contributed by atoms with van der Waals surface area (Å²) in [7, 11) is 0. The zero-order chi connectivity index (χ0) is 13.3. The van der Waals surface area contributed by atoms with Crippen molar-refractivity contribution in [1.29, 1.82) is 0 Å². The topological polar surface area (TPSA) is 12.0 Å². The maximum absolute atomic E-state index is 3.84. The van der Waals surface area contributed by atoms with Crippen LogP contribution in [0.5, 0.6) is 0 Å². The van der Waals surface area contributed by atoms with E-state index in [4.69, 9.17) is 0 Å². The van der Waals surface area contributed by atoms with E-state index in [1.807, 2.05) is 0 Å². The SMILES string of the molecule is Cc1ccccc1[C@H](C)NC1CC(C)(C)CC1C. The molecule has 0 aromatic heterocycles. The summed E-state index contributed by atoms with van der Waals surface area (Å²) in [6.07, 6.45) is 2.63. The highest BCUT2D eigenvalue weighted by Crippen LogP contribution is 2.41. The normalized spacial score (nSPS) is 28.3. The monoisotopic (exact) mass is 245 g/mol. The summed E-state index contributed by atoms with van der Waals surface area (Å²) < 4.78 is 0. The van der Waals surface area contributed by atoms with E-state index in [9.17, 15) is 0 Å². The zero-order valence-electron chi connectivity index (χ0n) is 12.5. The Morgan fingerprint density at radius 2 is 1.89 bits per heavy atom. The van der Waals surface area contributed by atoms with E-state index in [0.717, 1.165) is 5.92 Å². The van der Waals surface area contributed by atoms with Gasteiger partial charge >= 0.3 is 0 Å². The molecule has 0 aliphatic heterocycles. The molecule has 0 saturated heterocycles. The molecule has 1 aromatic rings. The van der Waals surface area contributed by atoms with Gasteiger partial charge in [0.1, 0.15) is 0 Å². The molecule has 3 atom stereocenters. The van der Waals surface area contributed by atoms with Crippen molar-refractivity contribution in [2.75, 3.05) is 0 Å². The minimum absolute atomic E-state index is 0.451. The van der Waals surface area contributed by atoms with Crippen LogP contribution in [0.15, 0.2) is 24.3 Å². The fourth-order valence-corrected chi connectivity index (χ4v) is 3.60. The number of rotatable bonds is 3. The van der Waals surface area contributed by atoms with Crippen molar-refractivity contribution in [1.82, 2.24) is 5.32 Å². The molecule has 1 fully saturated rings. The van der Waals surface area contributed by atoms with Gasteiger partial charge in [-0.15, -0.1) is 0 Å². The molecule has 0 radical (unpaired) electrons. The van der Waals surface area contributed by atoms with Crippen LogP contribution >= 0.6 is 0 Å². The highest BCUT2D eigenvalue weighted by Gasteiger charge is 2.37. The summed E-state index contributed by atoms with van der Waals surface area (Å²) in [6, 6.07) is 9.82. The van der Waals surface area contributed by atoms with Crippen molar-refractivity contribution < 1.29 is 0 Å². The molecule has 100 valence electrons. The lowest BCUT2D eigenvalue weighted by Gasteiger charge is -2.24. The lowest BCUT2D eigenvalue weighted by molar-refractivity contribution is 0.356. The Labute approximate surface area is 112 Å². The van der Waals surface area contributed by atoms with Gasteiger partial charge in [-0.2, -0.15) is 0 Å². The first kappa shape index (κ1) is 13.6. The van der Waals surface area contributed by atoms with Gasteiger partial charge in [-0.05, 0) is 49.1 Å². The lowest BCUT2D eigenvalue weighted by Crippen LogP contribution is -2.34. The average molecular weight is 245 g/mol. The van der Waals surface area contributed by atoms with Crippen molar-refractivity contribution in [2.24, 2.45) is 11.3 Å². The quantitative estimate of drug-likeness (QED) is 0.828. The maximum Gasteiger partial charge on any atom is 0.0297 e. The predicted molar refractivity (Wildman–Crippen MR) is 78.7 cm³/mol. The van der Waals surface area contributed by atoms with E-state index >= 15 is 0 Å². The van der Waals surface area contributed by atoms with Gasteiger partial charge in [0.05, 0.1) is 0 Å². The molecule has 1 N–H and O–H groups in total. The summed E-state index contributed by atoms with van der Waals surface area (Å²) in [5.41, 5.74) is 3.33. The first-order chi connectivity index (χ1) is 8.39. The predicted octanol–water partition coefficient (Wildman–Crippen LogP) is 4.47. The van der Waals surface area contributed by atoms with Crippen molar-refractivity contribution in [2.45, 2.75) is 59.5 Å². The fraction of sp³-hybridized carbons (Fsp3) is 0.647. The van der Waals surface area contributed by atoms with Gasteiger partial charge in [-0.1, -0.05) is 45.0 Å². The van der Waals surface area contributed by atoms with Gasteiger partial charge in [0, 0.05) is 12.1 Å². The molecule has 1 aliphatic rings. The Kier molecular flexibility index (Phi) is 3.82. The molecule has 1 heteroatoms. The van der Waals surface area contributed by atoms with Gasteiger partial charge in [0.15, 0.2) is 0 Å². The van der Waals surface area contributed by atoms with Crippen LogP contribution in [0.2, 0.25) is 0 Å². The molecule has 0 heterocycles. The van der Waals surface area contributed by atoms with Gasteiger partial charge in [0.2, 0.25) is 0 Å². The summed E-state index contributed by atoms with van der Waals surface area (Å²) >= 11 is 0. The van der Waals surface area contributed by atoms with Crippen LogP contribution in [0, 0.1) is 18.3 Å². The molecule has 0 bridgehead atoms. The highest BCUT2D eigenvalue weighted by molar-refractivity contribution is 5.28. The molecule has 18 heavy (non-hydrogen) atoms. The third-order valence-corrected chi connectivity index (χ3v) is 4.45. The van der Waals surface area contributed by atoms with E-state index < -0.39 is 0 Å². The second-order valence-electron chi connectivity index (χ2n) is 6.90. The summed E-state index contributed by atoms with van der Waals surface area (Å²) in [4.78, 5) is 0. The van der Waals surface area contributed by atoms with Crippen molar-refractivity contribution >= 4 is 0 Å². The minimum atomic E-state index is 0.451. The Balaban J connectivity index is 2.04. The molecule has 0 amide bonds. The van der Waals surface area contributed by atoms with Crippen LogP contribution in [0.25, 0.3) is 0 Å². The molecule has 2 rings (SSSR count). The van der Waals surface area contributed by atoms with Crippen LogP contribution < -0.4 is 5.32 Å². The molecular weight excluding hydrogens is 218 g/mol. The van der Waals surface area contributed by atoms with Gasteiger partial charge < -0.3 is 5.32 Å².